The minimum atomic E-state index is 0.635. The third kappa shape index (κ3) is 3.04. The van der Waals surface area contributed by atoms with Gasteiger partial charge in [-0.3, -0.25) is 5.43 Å². The molecule has 3 rings (SSSR count). The summed E-state index contributed by atoms with van der Waals surface area (Å²) in [6, 6.07) is 21.1. The number of para-hydroxylation sites is 1. The van der Waals surface area contributed by atoms with E-state index in [0.29, 0.717) is 11.4 Å². The monoisotopic (exact) mass is 272 g/mol. The second kappa shape index (κ2) is 5.85. The fourth-order valence-electron chi connectivity index (χ4n) is 1.94. The highest BCUT2D eigenvalue weighted by Crippen LogP contribution is 2.14. The maximum absolute atomic E-state index is 8.74. The molecule has 0 spiro atoms. The first kappa shape index (κ1) is 12.8. The zero-order valence-corrected chi connectivity index (χ0v) is 11.2. The fourth-order valence-corrected chi connectivity index (χ4v) is 1.94. The summed E-state index contributed by atoms with van der Waals surface area (Å²) in [7, 11) is 0. The van der Waals surface area contributed by atoms with E-state index < -0.39 is 0 Å². The fraction of sp³-hybridized carbons (Fsp3) is 0. The highest BCUT2D eigenvalue weighted by molar-refractivity contribution is 5.81. The molecule has 0 unspecified atom stereocenters. The molecule has 1 heterocycles. The largest absolute Gasteiger partial charge is 0.261 e. The van der Waals surface area contributed by atoms with E-state index in [4.69, 9.17) is 5.26 Å². The van der Waals surface area contributed by atoms with Crippen LogP contribution in [0.5, 0.6) is 0 Å². The second-order valence-electron chi connectivity index (χ2n) is 4.49. The summed E-state index contributed by atoms with van der Waals surface area (Å²) in [5.74, 6) is 0.693. The molecule has 0 saturated heterocycles. The summed E-state index contributed by atoms with van der Waals surface area (Å²) in [5.41, 5.74) is 5.39. The van der Waals surface area contributed by atoms with Gasteiger partial charge in [-0.1, -0.05) is 30.3 Å². The standard InChI is InChI=1S/C17H12N4/c18-11-13-5-7-14(8-6-13)12-19-21-17-10-9-15-3-1-2-4-16(15)20-17/h1-10,12H,(H,20,21)/b19-12-. The van der Waals surface area contributed by atoms with Crippen molar-refractivity contribution in [2.45, 2.75) is 0 Å². The Bertz CT molecular complexity index is 829. The highest BCUT2D eigenvalue weighted by Gasteiger charge is 1.96. The molecule has 1 N–H and O–H groups in total. The van der Waals surface area contributed by atoms with E-state index in [1.807, 2.05) is 48.5 Å². The average molecular weight is 272 g/mol. The lowest BCUT2D eigenvalue weighted by Gasteiger charge is -2.01. The lowest BCUT2D eigenvalue weighted by molar-refractivity contribution is 1.26. The first-order valence-electron chi connectivity index (χ1n) is 6.50. The normalized spacial score (nSPS) is 10.6. The Morgan fingerprint density at radius 1 is 1.00 bits per heavy atom. The number of benzene rings is 2. The lowest BCUT2D eigenvalue weighted by Crippen LogP contribution is -1.93. The number of fused-ring (bicyclic) bond motifs is 1. The molecule has 3 aromatic rings. The molecule has 0 amide bonds. The Kier molecular flexibility index (Phi) is 3.57. The smallest absolute Gasteiger partial charge is 0.146 e. The van der Waals surface area contributed by atoms with Crippen molar-refractivity contribution in [3.05, 3.63) is 71.8 Å². The number of aromatic nitrogens is 1. The van der Waals surface area contributed by atoms with Gasteiger partial charge < -0.3 is 0 Å². The van der Waals surface area contributed by atoms with Gasteiger partial charge in [-0.15, -0.1) is 0 Å². The molecule has 4 nitrogen and oxygen atoms in total. The van der Waals surface area contributed by atoms with Crippen molar-refractivity contribution in [2.75, 3.05) is 5.43 Å². The second-order valence-corrected chi connectivity index (χ2v) is 4.49. The van der Waals surface area contributed by atoms with Crippen molar-refractivity contribution in [3.8, 4) is 6.07 Å². The number of hydrazone groups is 1. The summed E-state index contributed by atoms with van der Waals surface area (Å²) >= 11 is 0. The molecule has 21 heavy (non-hydrogen) atoms. The number of hydrogen-bond acceptors (Lipinski definition) is 4. The van der Waals surface area contributed by atoms with E-state index in [0.717, 1.165) is 16.5 Å². The number of nitriles is 1. The van der Waals surface area contributed by atoms with Gasteiger partial charge >= 0.3 is 0 Å². The van der Waals surface area contributed by atoms with Gasteiger partial charge in [0.2, 0.25) is 0 Å². The number of pyridine rings is 1. The van der Waals surface area contributed by atoms with Gasteiger partial charge in [-0.2, -0.15) is 10.4 Å². The molecule has 1 aromatic heterocycles. The van der Waals surface area contributed by atoms with Gasteiger partial charge in [0.15, 0.2) is 0 Å². The Balaban J connectivity index is 1.73. The molecule has 0 saturated carbocycles. The molecule has 0 aliphatic heterocycles. The van der Waals surface area contributed by atoms with Crippen LogP contribution in [-0.2, 0) is 0 Å². The summed E-state index contributed by atoms with van der Waals surface area (Å²) in [6.07, 6.45) is 1.69. The maximum atomic E-state index is 8.74. The minimum Gasteiger partial charge on any atom is -0.261 e. The van der Waals surface area contributed by atoms with Gasteiger partial charge in [0.25, 0.3) is 0 Å². The van der Waals surface area contributed by atoms with Gasteiger partial charge in [-0.05, 0) is 35.9 Å². The quantitative estimate of drug-likeness (QED) is 0.586. The van der Waals surface area contributed by atoms with Crippen LogP contribution in [-0.4, -0.2) is 11.2 Å². The molecule has 0 bridgehead atoms. The van der Waals surface area contributed by atoms with Gasteiger partial charge in [0, 0.05) is 5.39 Å². The van der Waals surface area contributed by atoms with Crippen molar-refractivity contribution in [1.82, 2.24) is 4.98 Å². The van der Waals surface area contributed by atoms with Gasteiger partial charge in [0.05, 0.1) is 23.4 Å². The van der Waals surface area contributed by atoms with Gasteiger partial charge in [-0.25, -0.2) is 4.98 Å². The molecule has 4 heteroatoms. The molecule has 0 fully saturated rings. The van der Waals surface area contributed by atoms with Crippen LogP contribution in [0.1, 0.15) is 11.1 Å². The summed E-state index contributed by atoms with van der Waals surface area (Å²) < 4.78 is 0. The van der Waals surface area contributed by atoms with Crippen molar-refractivity contribution in [1.29, 1.82) is 5.26 Å². The number of nitrogens with one attached hydrogen (secondary N) is 1. The van der Waals surface area contributed by atoms with Crippen molar-refractivity contribution >= 4 is 22.9 Å². The molecule has 100 valence electrons. The molecule has 0 aliphatic rings. The van der Waals surface area contributed by atoms with Crippen molar-refractivity contribution in [2.24, 2.45) is 5.10 Å². The van der Waals surface area contributed by atoms with E-state index >= 15 is 0 Å². The first-order chi connectivity index (χ1) is 10.3. The third-order valence-corrected chi connectivity index (χ3v) is 3.03. The summed E-state index contributed by atoms with van der Waals surface area (Å²) in [6.45, 7) is 0. The van der Waals surface area contributed by atoms with Crippen LogP contribution in [0.2, 0.25) is 0 Å². The van der Waals surface area contributed by atoms with E-state index in [1.165, 1.54) is 0 Å². The predicted molar refractivity (Wildman–Crippen MR) is 84.1 cm³/mol. The molecule has 0 radical (unpaired) electrons. The first-order valence-corrected chi connectivity index (χ1v) is 6.50. The average Bonchev–Trinajstić information content (AvgIpc) is 2.55. The van der Waals surface area contributed by atoms with E-state index in [1.54, 1.807) is 18.3 Å². The number of anilines is 1. The van der Waals surface area contributed by atoms with Crippen molar-refractivity contribution in [3.63, 3.8) is 0 Å². The van der Waals surface area contributed by atoms with Crippen LogP contribution >= 0.6 is 0 Å². The van der Waals surface area contributed by atoms with Crippen LogP contribution in [0.4, 0.5) is 5.82 Å². The Morgan fingerprint density at radius 3 is 2.62 bits per heavy atom. The third-order valence-electron chi connectivity index (χ3n) is 3.03. The Labute approximate surface area is 122 Å². The molecular weight excluding hydrogens is 260 g/mol. The molecule has 2 aromatic carbocycles. The molecule has 0 aliphatic carbocycles. The number of nitrogens with zero attached hydrogens (tertiary/aromatic N) is 3. The predicted octanol–water partition coefficient (Wildman–Crippen LogP) is 3.55. The molecule has 0 atom stereocenters. The van der Waals surface area contributed by atoms with E-state index in [2.05, 4.69) is 21.6 Å². The van der Waals surface area contributed by atoms with Crippen LogP contribution in [0.15, 0.2) is 65.8 Å². The van der Waals surface area contributed by atoms with E-state index in [9.17, 15) is 0 Å². The number of hydrogen-bond donors (Lipinski definition) is 1. The topological polar surface area (TPSA) is 61.1 Å². The van der Waals surface area contributed by atoms with Crippen LogP contribution in [0.25, 0.3) is 10.9 Å². The van der Waals surface area contributed by atoms with Crippen LogP contribution < -0.4 is 5.43 Å². The zero-order valence-electron chi connectivity index (χ0n) is 11.2. The highest BCUT2D eigenvalue weighted by atomic mass is 15.3. The zero-order chi connectivity index (χ0) is 14.5. The summed E-state index contributed by atoms with van der Waals surface area (Å²) in [5, 5.41) is 14.0. The van der Waals surface area contributed by atoms with Gasteiger partial charge in [0.1, 0.15) is 5.82 Å². The number of rotatable bonds is 3. The SMILES string of the molecule is N#Cc1ccc(/C=N\Nc2ccc3ccccc3n2)cc1. The van der Waals surface area contributed by atoms with Crippen molar-refractivity contribution < 1.29 is 0 Å². The minimum absolute atomic E-state index is 0.635. The van der Waals surface area contributed by atoms with E-state index in [-0.39, 0.29) is 0 Å². The maximum Gasteiger partial charge on any atom is 0.146 e. The lowest BCUT2D eigenvalue weighted by atomic mass is 10.2. The van der Waals surface area contributed by atoms with Crippen LogP contribution in [0.3, 0.4) is 0 Å². The van der Waals surface area contributed by atoms with Crippen LogP contribution in [0, 0.1) is 11.3 Å². The Hall–Kier alpha value is -3.19. The Morgan fingerprint density at radius 2 is 1.81 bits per heavy atom. The molecular formula is C17H12N4. The summed E-state index contributed by atoms with van der Waals surface area (Å²) in [4.78, 5) is 4.47.